The predicted molar refractivity (Wildman–Crippen MR) is 66.7 cm³/mol. The van der Waals surface area contributed by atoms with Gasteiger partial charge >= 0.3 is 0 Å². The molecule has 0 saturated heterocycles. The van der Waals surface area contributed by atoms with Crippen LogP contribution in [0, 0.1) is 24.7 Å². The van der Waals surface area contributed by atoms with Crippen LogP contribution in [0.4, 0.5) is 0 Å². The second-order valence-corrected chi connectivity index (χ2v) is 5.18. The van der Waals surface area contributed by atoms with Crippen molar-refractivity contribution in [3.05, 3.63) is 17.5 Å². The SMILES string of the molecule is Cc1cc(C(=O)NCC(C(C)C)C(C)C)no1. The van der Waals surface area contributed by atoms with Crippen LogP contribution in [0.3, 0.4) is 0 Å². The fourth-order valence-electron chi connectivity index (χ4n) is 2.02. The van der Waals surface area contributed by atoms with Gasteiger partial charge in [0.15, 0.2) is 5.69 Å². The molecule has 96 valence electrons. The first-order valence-corrected chi connectivity index (χ1v) is 6.13. The lowest BCUT2D eigenvalue weighted by Gasteiger charge is -2.24. The third-order valence-electron chi connectivity index (χ3n) is 3.07. The van der Waals surface area contributed by atoms with E-state index in [1.165, 1.54) is 0 Å². The number of amides is 1. The summed E-state index contributed by atoms with van der Waals surface area (Å²) >= 11 is 0. The molecule has 1 aromatic rings. The molecule has 1 rings (SSSR count). The molecule has 0 aliphatic heterocycles. The number of hydrogen-bond donors (Lipinski definition) is 1. The number of aryl methyl sites for hydroxylation is 1. The second-order valence-electron chi connectivity index (χ2n) is 5.18. The zero-order valence-electron chi connectivity index (χ0n) is 11.3. The first kappa shape index (κ1) is 13.7. The van der Waals surface area contributed by atoms with Gasteiger partial charge in [0, 0.05) is 12.6 Å². The standard InChI is InChI=1S/C13H22N2O2/c1-8(2)11(9(3)4)7-14-13(16)12-6-10(5)17-15-12/h6,8-9,11H,7H2,1-5H3,(H,14,16). The average Bonchev–Trinajstić information content (AvgIpc) is 2.63. The smallest absolute Gasteiger partial charge is 0.273 e. The molecule has 1 aromatic heterocycles. The summed E-state index contributed by atoms with van der Waals surface area (Å²) in [6.45, 7) is 11.2. The minimum absolute atomic E-state index is 0.159. The van der Waals surface area contributed by atoms with Crippen molar-refractivity contribution in [1.82, 2.24) is 10.5 Å². The van der Waals surface area contributed by atoms with Gasteiger partial charge in [0.2, 0.25) is 0 Å². The predicted octanol–water partition coefficient (Wildman–Crippen LogP) is 2.64. The maximum atomic E-state index is 11.8. The molecule has 4 nitrogen and oxygen atoms in total. The van der Waals surface area contributed by atoms with Crippen LogP contribution in [-0.2, 0) is 0 Å². The highest BCUT2D eigenvalue weighted by Crippen LogP contribution is 2.19. The van der Waals surface area contributed by atoms with Crippen molar-refractivity contribution >= 4 is 5.91 Å². The Bertz CT molecular complexity index is 361. The maximum Gasteiger partial charge on any atom is 0.273 e. The van der Waals surface area contributed by atoms with Crippen molar-refractivity contribution < 1.29 is 9.32 Å². The van der Waals surface area contributed by atoms with Crippen LogP contribution >= 0.6 is 0 Å². The van der Waals surface area contributed by atoms with E-state index in [1.807, 2.05) is 0 Å². The van der Waals surface area contributed by atoms with E-state index >= 15 is 0 Å². The summed E-state index contributed by atoms with van der Waals surface area (Å²) in [5.74, 6) is 2.07. The molecule has 1 N–H and O–H groups in total. The van der Waals surface area contributed by atoms with Gasteiger partial charge in [-0.05, 0) is 24.7 Å². The second kappa shape index (κ2) is 5.84. The Hall–Kier alpha value is -1.32. The maximum absolute atomic E-state index is 11.8. The van der Waals surface area contributed by atoms with Crippen LogP contribution < -0.4 is 5.32 Å². The first-order valence-electron chi connectivity index (χ1n) is 6.13. The molecule has 0 aromatic carbocycles. The van der Waals surface area contributed by atoms with Gasteiger partial charge in [0.05, 0.1) is 0 Å². The minimum Gasteiger partial charge on any atom is -0.361 e. The van der Waals surface area contributed by atoms with Crippen LogP contribution in [0.15, 0.2) is 10.6 Å². The van der Waals surface area contributed by atoms with Gasteiger partial charge in [-0.25, -0.2) is 0 Å². The van der Waals surface area contributed by atoms with E-state index in [0.717, 1.165) is 0 Å². The summed E-state index contributed by atoms with van der Waals surface area (Å²) in [6, 6.07) is 1.65. The highest BCUT2D eigenvalue weighted by molar-refractivity contribution is 5.92. The van der Waals surface area contributed by atoms with Gasteiger partial charge < -0.3 is 9.84 Å². The van der Waals surface area contributed by atoms with E-state index in [0.29, 0.717) is 35.8 Å². The number of nitrogens with one attached hydrogen (secondary N) is 1. The molecule has 0 bridgehead atoms. The number of hydrogen-bond acceptors (Lipinski definition) is 3. The molecule has 0 saturated carbocycles. The molecular formula is C13H22N2O2. The Morgan fingerprint density at radius 1 is 1.35 bits per heavy atom. The summed E-state index contributed by atoms with van der Waals surface area (Å²) in [6.07, 6.45) is 0. The van der Waals surface area contributed by atoms with Gasteiger partial charge in [0.1, 0.15) is 5.76 Å². The van der Waals surface area contributed by atoms with E-state index in [4.69, 9.17) is 4.52 Å². The largest absolute Gasteiger partial charge is 0.361 e. The number of carbonyl (C=O) groups excluding carboxylic acids is 1. The molecule has 0 unspecified atom stereocenters. The van der Waals surface area contributed by atoms with Crippen molar-refractivity contribution in [3.8, 4) is 0 Å². The van der Waals surface area contributed by atoms with Crippen molar-refractivity contribution in [2.75, 3.05) is 6.54 Å². The summed E-state index contributed by atoms with van der Waals surface area (Å²) in [5.41, 5.74) is 0.355. The highest BCUT2D eigenvalue weighted by Gasteiger charge is 2.19. The van der Waals surface area contributed by atoms with Crippen molar-refractivity contribution in [1.29, 1.82) is 0 Å². The van der Waals surface area contributed by atoms with E-state index in [2.05, 4.69) is 38.2 Å². The van der Waals surface area contributed by atoms with Crippen LogP contribution in [0.5, 0.6) is 0 Å². The third kappa shape index (κ3) is 3.88. The van der Waals surface area contributed by atoms with Gasteiger partial charge in [-0.15, -0.1) is 0 Å². The van der Waals surface area contributed by atoms with Crippen molar-refractivity contribution in [2.45, 2.75) is 34.6 Å². The molecule has 0 fully saturated rings. The van der Waals surface area contributed by atoms with Crippen LogP contribution in [0.2, 0.25) is 0 Å². The molecule has 4 heteroatoms. The fraction of sp³-hybridized carbons (Fsp3) is 0.692. The number of nitrogens with zero attached hydrogens (tertiary/aromatic N) is 1. The van der Waals surface area contributed by atoms with Crippen molar-refractivity contribution in [2.24, 2.45) is 17.8 Å². The normalized spacial score (nSPS) is 11.5. The third-order valence-corrected chi connectivity index (χ3v) is 3.07. The van der Waals surface area contributed by atoms with Crippen molar-refractivity contribution in [3.63, 3.8) is 0 Å². The van der Waals surface area contributed by atoms with E-state index in [-0.39, 0.29) is 5.91 Å². The van der Waals surface area contributed by atoms with E-state index in [9.17, 15) is 4.79 Å². The summed E-state index contributed by atoms with van der Waals surface area (Å²) < 4.78 is 4.88. The van der Waals surface area contributed by atoms with Gasteiger partial charge in [-0.3, -0.25) is 4.79 Å². The lowest BCUT2D eigenvalue weighted by atomic mass is 9.85. The molecule has 0 atom stereocenters. The molecular weight excluding hydrogens is 216 g/mol. The minimum atomic E-state index is -0.159. The van der Waals surface area contributed by atoms with Crippen LogP contribution in [-0.4, -0.2) is 17.6 Å². The number of aromatic nitrogens is 1. The van der Waals surface area contributed by atoms with Crippen LogP contribution in [0.1, 0.15) is 43.9 Å². The Morgan fingerprint density at radius 3 is 2.35 bits per heavy atom. The zero-order valence-corrected chi connectivity index (χ0v) is 11.3. The molecule has 17 heavy (non-hydrogen) atoms. The quantitative estimate of drug-likeness (QED) is 0.858. The Labute approximate surface area is 103 Å². The molecule has 0 radical (unpaired) electrons. The topological polar surface area (TPSA) is 55.1 Å². The lowest BCUT2D eigenvalue weighted by Crippen LogP contribution is -2.34. The first-order chi connectivity index (χ1) is 7.91. The highest BCUT2D eigenvalue weighted by atomic mass is 16.5. The molecule has 1 heterocycles. The Balaban J connectivity index is 2.52. The summed E-state index contributed by atoms with van der Waals surface area (Å²) in [7, 11) is 0. The molecule has 0 aliphatic carbocycles. The number of carbonyl (C=O) groups is 1. The molecule has 0 spiro atoms. The zero-order chi connectivity index (χ0) is 13.0. The summed E-state index contributed by atoms with van der Waals surface area (Å²) in [5, 5.41) is 6.61. The Kier molecular flexibility index (Phi) is 4.73. The van der Waals surface area contributed by atoms with E-state index in [1.54, 1.807) is 13.0 Å². The summed E-state index contributed by atoms with van der Waals surface area (Å²) in [4.78, 5) is 11.8. The fourth-order valence-corrected chi connectivity index (χ4v) is 2.02. The number of rotatable bonds is 5. The van der Waals surface area contributed by atoms with Gasteiger partial charge in [-0.1, -0.05) is 32.9 Å². The molecule has 0 aliphatic rings. The van der Waals surface area contributed by atoms with Crippen LogP contribution in [0.25, 0.3) is 0 Å². The average molecular weight is 238 g/mol. The van der Waals surface area contributed by atoms with Gasteiger partial charge in [0.25, 0.3) is 5.91 Å². The van der Waals surface area contributed by atoms with Gasteiger partial charge in [-0.2, -0.15) is 0 Å². The Morgan fingerprint density at radius 2 is 1.94 bits per heavy atom. The molecule has 1 amide bonds. The van der Waals surface area contributed by atoms with E-state index < -0.39 is 0 Å². The lowest BCUT2D eigenvalue weighted by molar-refractivity contribution is 0.0928. The monoisotopic (exact) mass is 238 g/mol.